The van der Waals surface area contributed by atoms with Gasteiger partial charge in [-0.05, 0) is 50.8 Å². The second-order valence-corrected chi connectivity index (χ2v) is 4.98. The van der Waals surface area contributed by atoms with Crippen molar-refractivity contribution in [1.29, 1.82) is 0 Å². The topological polar surface area (TPSA) is 61.5 Å². The molecule has 0 aromatic heterocycles. The number of carbonyl (C=O) groups excluding carboxylic acids is 1. The third kappa shape index (κ3) is 4.53. The fraction of sp³-hybridized carbons (Fsp3) is 0.562. The van der Waals surface area contributed by atoms with E-state index in [4.69, 9.17) is 15.2 Å². The molecule has 1 unspecified atom stereocenters. The summed E-state index contributed by atoms with van der Waals surface area (Å²) in [6.45, 7) is 6.34. The monoisotopic (exact) mass is 279 g/mol. The Kier molecular flexibility index (Phi) is 6.52. The molecule has 0 heterocycles. The number of esters is 1. The summed E-state index contributed by atoms with van der Waals surface area (Å²) in [5.74, 6) is 0.656. The molecule has 0 aliphatic carbocycles. The Balaban J connectivity index is 2.65. The highest BCUT2D eigenvalue weighted by atomic mass is 16.5. The van der Waals surface area contributed by atoms with Gasteiger partial charge in [-0.2, -0.15) is 0 Å². The van der Waals surface area contributed by atoms with Gasteiger partial charge < -0.3 is 15.2 Å². The Morgan fingerprint density at radius 1 is 1.30 bits per heavy atom. The Morgan fingerprint density at radius 3 is 2.55 bits per heavy atom. The molecule has 0 aliphatic heterocycles. The predicted octanol–water partition coefficient (Wildman–Crippen LogP) is 3.05. The summed E-state index contributed by atoms with van der Waals surface area (Å²) in [6, 6.07) is 3.96. The van der Waals surface area contributed by atoms with E-state index in [1.807, 2.05) is 19.9 Å². The molecule has 1 atom stereocenters. The molecule has 0 spiro atoms. The third-order valence-corrected chi connectivity index (χ3v) is 3.45. The van der Waals surface area contributed by atoms with Crippen LogP contribution in [0, 0.1) is 13.8 Å². The van der Waals surface area contributed by atoms with Crippen molar-refractivity contribution >= 4 is 5.97 Å². The van der Waals surface area contributed by atoms with Crippen molar-refractivity contribution in [3.63, 3.8) is 0 Å². The summed E-state index contributed by atoms with van der Waals surface area (Å²) >= 11 is 0. The van der Waals surface area contributed by atoms with E-state index in [1.54, 1.807) is 7.11 Å². The SMILES string of the molecule is CCOC(=O)CCCC(N)c1cc(C)c(C)cc1OC. The van der Waals surface area contributed by atoms with E-state index in [1.165, 1.54) is 11.1 Å². The van der Waals surface area contributed by atoms with Crippen molar-refractivity contribution in [3.8, 4) is 5.75 Å². The van der Waals surface area contributed by atoms with Gasteiger partial charge in [0, 0.05) is 18.0 Å². The number of hydrogen-bond donors (Lipinski definition) is 1. The lowest BCUT2D eigenvalue weighted by Crippen LogP contribution is -2.13. The van der Waals surface area contributed by atoms with Crippen LogP contribution in [0.2, 0.25) is 0 Å². The molecular weight excluding hydrogens is 254 g/mol. The number of carbonyl (C=O) groups is 1. The molecule has 112 valence electrons. The zero-order chi connectivity index (χ0) is 15.1. The van der Waals surface area contributed by atoms with Gasteiger partial charge in [0.15, 0.2) is 0 Å². The first-order chi connectivity index (χ1) is 9.49. The molecule has 0 aliphatic rings. The van der Waals surface area contributed by atoms with Crippen LogP contribution in [-0.4, -0.2) is 19.7 Å². The number of aryl methyl sites for hydroxylation is 2. The van der Waals surface area contributed by atoms with E-state index >= 15 is 0 Å². The second kappa shape index (κ2) is 7.90. The minimum Gasteiger partial charge on any atom is -0.496 e. The van der Waals surface area contributed by atoms with Crippen molar-refractivity contribution in [1.82, 2.24) is 0 Å². The fourth-order valence-electron chi connectivity index (χ4n) is 2.13. The first-order valence-electron chi connectivity index (χ1n) is 7.05. The van der Waals surface area contributed by atoms with Crippen LogP contribution in [0.25, 0.3) is 0 Å². The standard InChI is InChI=1S/C16H25NO3/c1-5-20-16(18)8-6-7-14(17)13-9-11(2)12(3)10-15(13)19-4/h9-10,14H,5-8,17H2,1-4H3. The van der Waals surface area contributed by atoms with Gasteiger partial charge >= 0.3 is 5.97 Å². The van der Waals surface area contributed by atoms with Crippen LogP contribution in [0.15, 0.2) is 12.1 Å². The highest BCUT2D eigenvalue weighted by molar-refractivity contribution is 5.69. The number of hydrogen-bond acceptors (Lipinski definition) is 4. The molecular formula is C16H25NO3. The highest BCUT2D eigenvalue weighted by Crippen LogP contribution is 2.29. The van der Waals surface area contributed by atoms with Crippen LogP contribution in [0.3, 0.4) is 0 Å². The van der Waals surface area contributed by atoms with Crippen LogP contribution in [-0.2, 0) is 9.53 Å². The lowest BCUT2D eigenvalue weighted by molar-refractivity contribution is -0.143. The molecule has 0 saturated heterocycles. The van der Waals surface area contributed by atoms with Crippen LogP contribution in [0.5, 0.6) is 5.75 Å². The third-order valence-electron chi connectivity index (χ3n) is 3.45. The second-order valence-electron chi connectivity index (χ2n) is 4.98. The summed E-state index contributed by atoms with van der Waals surface area (Å²) in [7, 11) is 1.65. The fourth-order valence-corrected chi connectivity index (χ4v) is 2.13. The molecule has 4 nitrogen and oxygen atoms in total. The molecule has 4 heteroatoms. The van der Waals surface area contributed by atoms with Gasteiger partial charge in [0.2, 0.25) is 0 Å². The minimum absolute atomic E-state index is 0.126. The van der Waals surface area contributed by atoms with E-state index in [0.717, 1.165) is 24.2 Å². The van der Waals surface area contributed by atoms with Crippen LogP contribution in [0.4, 0.5) is 0 Å². The number of rotatable bonds is 7. The van der Waals surface area contributed by atoms with Gasteiger partial charge in [-0.3, -0.25) is 4.79 Å². The Morgan fingerprint density at radius 2 is 1.95 bits per heavy atom. The quantitative estimate of drug-likeness (QED) is 0.779. The maximum Gasteiger partial charge on any atom is 0.305 e. The summed E-state index contributed by atoms with van der Waals surface area (Å²) in [4.78, 5) is 11.3. The molecule has 0 amide bonds. The number of methoxy groups -OCH3 is 1. The molecule has 2 N–H and O–H groups in total. The zero-order valence-electron chi connectivity index (χ0n) is 12.9. The van der Waals surface area contributed by atoms with Gasteiger partial charge in [-0.25, -0.2) is 0 Å². The van der Waals surface area contributed by atoms with E-state index in [0.29, 0.717) is 13.0 Å². The van der Waals surface area contributed by atoms with E-state index in [2.05, 4.69) is 13.0 Å². The summed E-state index contributed by atoms with van der Waals surface area (Å²) in [5, 5.41) is 0. The van der Waals surface area contributed by atoms with Gasteiger partial charge in [-0.15, -0.1) is 0 Å². The zero-order valence-corrected chi connectivity index (χ0v) is 12.9. The smallest absolute Gasteiger partial charge is 0.305 e. The molecule has 0 radical (unpaired) electrons. The van der Waals surface area contributed by atoms with Gasteiger partial charge in [0.25, 0.3) is 0 Å². The molecule has 1 rings (SSSR count). The van der Waals surface area contributed by atoms with E-state index in [-0.39, 0.29) is 12.0 Å². The number of ether oxygens (including phenoxy) is 2. The van der Waals surface area contributed by atoms with Crippen LogP contribution in [0.1, 0.15) is 48.9 Å². The van der Waals surface area contributed by atoms with Crippen molar-refractivity contribution < 1.29 is 14.3 Å². The molecule has 0 saturated carbocycles. The Bertz CT molecular complexity index is 457. The average Bonchev–Trinajstić information content (AvgIpc) is 2.41. The van der Waals surface area contributed by atoms with Crippen molar-refractivity contribution in [2.75, 3.05) is 13.7 Å². The van der Waals surface area contributed by atoms with Crippen molar-refractivity contribution in [2.45, 2.75) is 46.1 Å². The first-order valence-corrected chi connectivity index (χ1v) is 7.05. The first kappa shape index (κ1) is 16.5. The van der Waals surface area contributed by atoms with Crippen LogP contribution >= 0.6 is 0 Å². The lowest BCUT2D eigenvalue weighted by Gasteiger charge is -2.17. The van der Waals surface area contributed by atoms with E-state index < -0.39 is 0 Å². The van der Waals surface area contributed by atoms with Gasteiger partial charge in [0.05, 0.1) is 13.7 Å². The maximum absolute atomic E-state index is 11.3. The number of nitrogens with two attached hydrogens (primary N) is 1. The van der Waals surface area contributed by atoms with Crippen molar-refractivity contribution in [2.24, 2.45) is 5.73 Å². The molecule has 1 aromatic rings. The summed E-state index contributed by atoms with van der Waals surface area (Å²) in [5.41, 5.74) is 9.60. The molecule has 20 heavy (non-hydrogen) atoms. The molecule has 1 aromatic carbocycles. The number of benzene rings is 1. The maximum atomic E-state index is 11.3. The Hall–Kier alpha value is -1.55. The van der Waals surface area contributed by atoms with Gasteiger partial charge in [-0.1, -0.05) is 6.07 Å². The average molecular weight is 279 g/mol. The van der Waals surface area contributed by atoms with Gasteiger partial charge in [0.1, 0.15) is 5.75 Å². The Labute approximate surface area is 121 Å². The highest BCUT2D eigenvalue weighted by Gasteiger charge is 2.14. The summed E-state index contributed by atoms with van der Waals surface area (Å²) in [6.07, 6.45) is 1.86. The van der Waals surface area contributed by atoms with Crippen molar-refractivity contribution in [3.05, 3.63) is 28.8 Å². The molecule has 0 fully saturated rings. The predicted molar refractivity (Wildman–Crippen MR) is 79.9 cm³/mol. The molecule has 0 bridgehead atoms. The minimum atomic E-state index is -0.160. The normalized spacial score (nSPS) is 12.1. The lowest BCUT2D eigenvalue weighted by atomic mass is 9.97. The summed E-state index contributed by atoms with van der Waals surface area (Å²) < 4.78 is 10.3. The largest absolute Gasteiger partial charge is 0.496 e. The van der Waals surface area contributed by atoms with Crippen LogP contribution < -0.4 is 10.5 Å². The van der Waals surface area contributed by atoms with E-state index in [9.17, 15) is 4.79 Å².